The third kappa shape index (κ3) is 7.06. The van der Waals surface area contributed by atoms with Crippen molar-refractivity contribution in [1.29, 1.82) is 5.41 Å². The number of hydrogen-bond acceptors (Lipinski definition) is 4. The van der Waals surface area contributed by atoms with E-state index in [9.17, 15) is 26.3 Å². The van der Waals surface area contributed by atoms with Crippen LogP contribution in [0.2, 0.25) is 0 Å². The molecule has 1 aromatic rings. The normalized spacial score (nSPS) is 18.2. The van der Waals surface area contributed by atoms with Crippen LogP contribution in [0.4, 0.5) is 26.3 Å². The van der Waals surface area contributed by atoms with Crippen molar-refractivity contribution < 1.29 is 26.3 Å². The number of nitrogens with one attached hydrogen (secondary N) is 1. The smallest absolute Gasteiger partial charge is 0.397 e. The van der Waals surface area contributed by atoms with E-state index in [1.807, 2.05) is 0 Å². The van der Waals surface area contributed by atoms with E-state index < -0.39 is 29.8 Å². The largest absolute Gasteiger partial charge is 0.432 e. The molecule has 0 bridgehead atoms. The summed E-state index contributed by atoms with van der Waals surface area (Å²) in [5, 5.41) is 7.12. The highest BCUT2D eigenvalue weighted by molar-refractivity contribution is 6.01. The second-order valence-corrected chi connectivity index (χ2v) is 8.05. The number of unbranched alkanes of at least 4 members (excludes halogenated alkanes) is 1. The molecule has 0 saturated carbocycles. The van der Waals surface area contributed by atoms with Gasteiger partial charge in [-0.3, -0.25) is 10.4 Å². The average Bonchev–Trinajstić information content (AvgIpc) is 2.65. The van der Waals surface area contributed by atoms with Gasteiger partial charge in [-0.05, 0) is 42.5 Å². The maximum atomic E-state index is 12.8. The Bertz CT molecular complexity index is 870. The highest BCUT2D eigenvalue weighted by Crippen LogP contribution is 2.37. The number of pyridine rings is 1. The number of aromatic nitrogens is 1. The fourth-order valence-corrected chi connectivity index (χ4v) is 3.52. The van der Waals surface area contributed by atoms with E-state index in [4.69, 9.17) is 11.1 Å². The number of rotatable bonds is 10. The van der Waals surface area contributed by atoms with Gasteiger partial charge in [0.15, 0.2) is 0 Å². The standard InChI is InChI=1S/C22H28F6N4/c1-3-5-6-13(4-2)7-8-14-9-16(15(29)11-19(30)21(23,24)25)31-17(10-14)18-12-20(32-18)22(26,27)28/h9-11,13,18,30H,3-8,12,29H2,1-2H3/b15-11-,30-19?. The van der Waals surface area contributed by atoms with Crippen LogP contribution in [-0.2, 0) is 6.42 Å². The summed E-state index contributed by atoms with van der Waals surface area (Å²) in [5.41, 5.74) is 3.86. The lowest BCUT2D eigenvalue weighted by Gasteiger charge is -2.26. The summed E-state index contributed by atoms with van der Waals surface area (Å²) in [6.45, 7) is 4.20. The molecule has 10 heteroatoms. The molecule has 2 rings (SSSR count). The van der Waals surface area contributed by atoms with E-state index in [-0.39, 0.29) is 23.5 Å². The second kappa shape index (κ2) is 10.5. The minimum absolute atomic E-state index is 0.00349. The Morgan fingerprint density at radius 1 is 1.19 bits per heavy atom. The maximum Gasteiger partial charge on any atom is 0.432 e. The Kier molecular flexibility index (Phi) is 8.47. The first-order valence-electron chi connectivity index (χ1n) is 10.6. The van der Waals surface area contributed by atoms with Gasteiger partial charge in [-0.1, -0.05) is 39.5 Å². The van der Waals surface area contributed by atoms with Crippen LogP contribution in [0, 0.1) is 11.3 Å². The number of hydrogen-bond donors (Lipinski definition) is 2. The van der Waals surface area contributed by atoms with Gasteiger partial charge in [0.1, 0.15) is 11.4 Å². The van der Waals surface area contributed by atoms with Crippen LogP contribution in [0.15, 0.2) is 23.2 Å². The molecule has 0 amide bonds. The summed E-state index contributed by atoms with van der Waals surface area (Å²) in [6, 6.07) is 2.38. The molecule has 3 N–H and O–H groups in total. The van der Waals surface area contributed by atoms with E-state index in [2.05, 4.69) is 23.8 Å². The molecule has 0 fully saturated rings. The molecule has 2 unspecified atom stereocenters. The number of nitrogens with zero attached hydrogens (tertiary/aromatic N) is 2. The van der Waals surface area contributed by atoms with Gasteiger partial charge in [0.25, 0.3) is 0 Å². The van der Waals surface area contributed by atoms with Gasteiger partial charge >= 0.3 is 12.4 Å². The predicted molar refractivity (Wildman–Crippen MR) is 113 cm³/mol. The van der Waals surface area contributed by atoms with E-state index in [0.717, 1.165) is 37.7 Å². The van der Waals surface area contributed by atoms with Crippen LogP contribution in [-0.4, -0.2) is 28.8 Å². The number of aryl methyl sites for hydroxylation is 1. The lowest BCUT2D eigenvalue weighted by Crippen LogP contribution is -2.32. The second-order valence-electron chi connectivity index (χ2n) is 8.05. The average molecular weight is 462 g/mol. The van der Waals surface area contributed by atoms with E-state index in [0.29, 0.717) is 18.4 Å². The lowest BCUT2D eigenvalue weighted by molar-refractivity contribution is -0.0637. The number of aliphatic imine (C=N–C) groups is 1. The summed E-state index contributed by atoms with van der Waals surface area (Å²) in [6.07, 6.45) is -3.59. The van der Waals surface area contributed by atoms with Gasteiger partial charge < -0.3 is 5.73 Å². The van der Waals surface area contributed by atoms with Crippen molar-refractivity contribution in [3.05, 3.63) is 35.2 Å². The van der Waals surface area contributed by atoms with Gasteiger partial charge in [-0.25, -0.2) is 4.98 Å². The van der Waals surface area contributed by atoms with Crippen molar-refractivity contribution in [2.24, 2.45) is 16.6 Å². The zero-order chi connectivity index (χ0) is 24.1. The molecule has 32 heavy (non-hydrogen) atoms. The molecule has 0 spiro atoms. The Balaban J connectivity index is 2.33. The van der Waals surface area contributed by atoms with E-state index in [1.165, 1.54) is 0 Å². The van der Waals surface area contributed by atoms with Crippen LogP contribution in [0.3, 0.4) is 0 Å². The summed E-state index contributed by atoms with van der Waals surface area (Å²) < 4.78 is 76.4. The number of alkyl halides is 6. The summed E-state index contributed by atoms with van der Waals surface area (Å²) in [7, 11) is 0. The van der Waals surface area contributed by atoms with Gasteiger partial charge in [-0.15, -0.1) is 0 Å². The van der Waals surface area contributed by atoms with E-state index >= 15 is 0 Å². The van der Waals surface area contributed by atoms with Crippen LogP contribution in [0.25, 0.3) is 5.70 Å². The molecule has 178 valence electrons. The number of allylic oxidation sites excluding steroid dienone is 1. The monoisotopic (exact) mass is 462 g/mol. The number of nitrogens with two attached hydrogens (primary N) is 1. The molecular weight excluding hydrogens is 434 g/mol. The Labute approximate surface area is 183 Å². The Morgan fingerprint density at radius 3 is 2.38 bits per heavy atom. The molecule has 1 aliphatic rings. The Hall–Kier alpha value is -2.39. The van der Waals surface area contributed by atoms with Crippen LogP contribution >= 0.6 is 0 Å². The molecule has 4 nitrogen and oxygen atoms in total. The lowest BCUT2D eigenvalue weighted by atomic mass is 9.91. The van der Waals surface area contributed by atoms with Crippen molar-refractivity contribution in [3.63, 3.8) is 0 Å². The zero-order valence-electron chi connectivity index (χ0n) is 18.1. The van der Waals surface area contributed by atoms with Crippen LogP contribution < -0.4 is 5.73 Å². The van der Waals surface area contributed by atoms with Gasteiger partial charge in [-0.2, -0.15) is 26.3 Å². The van der Waals surface area contributed by atoms with Crippen molar-refractivity contribution in [1.82, 2.24) is 4.98 Å². The fraction of sp³-hybridized carbons (Fsp3) is 0.591. The summed E-state index contributed by atoms with van der Waals surface area (Å²) in [5.74, 6) is 0.472. The van der Waals surface area contributed by atoms with Gasteiger partial charge in [0, 0.05) is 6.42 Å². The molecule has 2 atom stereocenters. The van der Waals surface area contributed by atoms with Crippen molar-refractivity contribution in [2.75, 3.05) is 0 Å². The molecule has 0 aromatic carbocycles. The highest BCUT2D eigenvalue weighted by atomic mass is 19.4. The molecule has 0 saturated heterocycles. The van der Waals surface area contributed by atoms with Crippen LogP contribution in [0.5, 0.6) is 0 Å². The molecule has 2 heterocycles. The highest BCUT2D eigenvalue weighted by Gasteiger charge is 2.43. The quantitative estimate of drug-likeness (QED) is 0.305. The molecule has 1 aromatic heterocycles. The first kappa shape index (κ1) is 25.9. The molecular formula is C22H28F6N4. The summed E-state index contributed by atoms with van der Waals surface area (Å²) >= 11 is 0. The predicted octanol–water partition coefficient (Wildman–Crippen LogP) is 6.56. The minimum atomic E-state index is -4.86. The van der Waals surface area contributed by atoms with Gasteiger partial charge in [0.2, 0.25) is 0 Å². The minimum Gasteiger partial charge on any atom is -0.397 e. The van der Waals surface area contributed by atoms with Crippen molar-refractivity contribution in [2.45, 2.75) is 77.2 Å². The summed E-state index contributed by atoms with van der Waals surface area (Å²) in [4.78, 5) is 7.78. The third-order valence-electron chi connectivity index (χ3n) is 5.56. The molecule has 0 aliphatic carbocycles. The molecule has 1 aliphatic heterocycles. The Morgan fingerprint density at radius 2 is 1.84 bits per heavy atom. The van der Waals surface area contributed by atoms with E-state index in [1.54, 1.807) is 12.1 Å². The fourth-order valence-electron chi connectivity index (χ4n) is 3.52. The third-order valence-corrected chi connectivity index (χ3v) is 5.56. The van der Waals surface area contributed by atoms with Gasteiger partial charge in [0.05, 0.1) is 23.1 Å². The number of halogens is 6. The first-order valence-corrected chi connectivity index (χ1v) is 10.6. The van der Waals surface area contributed by atoms with Crippen molar-refractivity contribution >= 4 is 17.1 Å². The molecule has 0 radical (unpaired) electrons. The van der Waals surface area contributed by atoms with Crippen LogP contribution in [0.1, 0.15) is 75.4 Å². The zero-order valence-corrected chi connectivity index (χ0v) is 18.1. The topological polar surface area (TPSA) is 75.1 Å². The SMILES string of the molecule is CCCCC(CC)CCc1cc(/C(N)=C/C(=N)C(F)(F)F)nc(C2CC(C(F)(F)F)=N2)c1. The first-order chi connectivity index (χ1) is 14.8. The van der Waals surface area contributed by atoms with Crippen molar-refractivity contribution in [3.8, 4) is 0 Å². The maximum absolute atomic E-state index is 12.8.